The molecule has 0 unspecified atom stereocenters. The van der Waals surface area contributed by atoms with Gasteiger partial charge in [0.15, 0.2) is 18.1 Å². The summed E-state index contributed by atoms with van der Waals surface area (Å²) in [5, 5.41) is 8.94. The van der Waals surface area contributed by atoms with Gasteiger partial charge in [-0.2, -0.15) is 5.26 Å². The predicted octanol–water partition coefficient (Wildman–Crippen LogP) is 4.46. The molecule has 0 radical (unpaired) electrons. The number of carbonyl (C=O) groups is 1. The van der Waals surface area contributed by atoms with Crippen LogP contribution in [0.25, 0.3) is 0 Å². The lowest BCUT2D eigenvalue weighted by Gasteiger charge is -2.24. The van der Waals surface area contributed by atoms with Crippen molar-refractivity contribution in [3.63, 3.8) is 0 Å². The zero-order valence-electron chi connectivity index (χ0n) is 17.9. The van der Waals surface area contributed by atoms with E-state index in [0.29, 0.717) is 40.9 Å². The lowest BCUT2D eigenvalue weighted by atomic mass is 10.1. The molecule has 7 nitrogen and oxygen atoms in total. The number of para-hydroxylation sites is 1. The zero-order chi connectivity index (χ0) is 23.0. The number of carbonyl (C=O) groups excluding carboxylic acids is 1. The van der Waals surface area contributed by atoms with E-state index in [1.54, 1.807) is 53.4 Å². The Kier molecular flexibility index (Phi) is 6.76. The Morgan fingerprint density at radius 2 is 1.85 bits per heavy atom. The first-order valence-electron chi connectivity index (χ1n) is 10.3. The van der Waals surface area contributed by atoms with E-state index in [0.717, 1.165) is 5.56 Å². The Hall–Kier alpha value is -4.44. The van der Waals surface area contributed by atoms with Crippen molar-refractivity contribution in [2.24, 2.45) is 0 Å². The van der Waals surface area contributed by atoms with Crippen molar-refractivity contribution in [3.8, 4) is 29.1 Å². The molecular weight excluding hydrogens is 420 g/mol. The summed E-state index contributed by atoms with van der Waals surface area (Å²) in [6.07, 6.45) is 1.67. The third-order valence-corrected chi connectivity index (χ3v) is 4.97. The van der Waals surface area contributed by atoms with Gasteiger partial charge in [-0.3, -0.25) is 4.79 Å². The standard InChI is InChI=1S/C26H22N2O5/c1-2-13-30-23-6-4-3-5-20(23)16-28(21-9-12-24-25(14-21)33-18-32-24)26(29)17-31-22-10-7-19(15-27)8-11-22/h2-12,14H,1,13,16-18H2. The highest BCUT2D eigenvalue weighted by Crippen LogP contribution is 2.36. The van der Waals surface area contributed by atoms with Crippen molar-refractivity contribution in [2.75, 3.05) is 24.9 Å². The molecule has 0 aromatic heterocycles. The lowest BCUT2D eigenvalue weighted by molar-refractivity contribution is -0.120. The number of nitrogens with zero attached hydrogens (tertiary/aromatic N) is 2. The monoisotopic (exact) mass is 442 g/mol. The highest BCUT2D eigenvalue weighted by Gasteiger charge is 2.22. The van der Waals surface area contributed by atoms with Gasteiger partial charge >= 0.3 is 0 Å². The largest absolute Gasteiger partial charge is 0.489 e. The molecule has 166 valence electrons. The minimum atomic E-state index is -0.253. The molecule has 3 aromatic carbocycles. The van der Waals surface area contributed by atoms with E-state index in [9.17, 15) is 4.79 Å². The van der Waals surface area contributed by atoms with E-state index in [1.807, 2.05) is 24.3 Å². The number of benzene rings is 3. The minimum Gasteiger partial charge on any atom is -0.489 e. The van der Waals surface area contributed by atoms with Gasteiger partial charge in [0.25, 0.3) is 5.91 Å². The summed E-state index contributed by atoms with van der Waals surface area (Å²) in [7, 11) is 0. The van der Waals surface area contributed by atoms with Gasteiger partial charge in [0.2, 0.25) is 6.79 Å². The van der Waals surface area contributed by atoms with Gasteiger partial charge in [0.1, 0.15) is 18.1 Å². The van der Waals surface area contributed by atoms with E-state index >= 15 is 0 Å². The van der Waals surface area contributed by atoms with E-state index in [2.05, 4.69) is 12.6 Å². The molecule has 0 fully saturated rings. The van der Waals surface area contributed by atoms with Gasteiger partial charge in [0, 0.05) is 17.3 Å². The van der Waals surface area contributed by atoms with Gasteiger partial charge in [-0.05, 0) is 42.5 Å². The molecule has 7 heteroatoms. The summed E-state index contributed by atoms with van der Waals surface area (Å²) in [5.74, 6) is 2.13. The number of nitriles is 1. The van der Waals surface area contributed by atoms with Crippen LogP contribution in [0, 0.1) is 11.3 Å². The molecule has 0 saturated heterocycles. The van der Waals surface area contributed by atoms with Gasteiger partial charge in [-0.1, -0.05) is 30.9 Å². The fraction of sp³-hybridized carbons (Fsp3) is 0.154. The SMILES string of the molecule is C=CCOc1ccccc1CN(C(=O)COc1ccc(C#N)cc1)c1ccc2c(c1)OCO2. The van der Waals surface area contributed by atoms with Crippen LogP contribution in [0.3, 0.4) is 0 Å². The molecule has 0 N–H and O–H groups in total. The van der Waals surface area contributed by atoms with Crippen molar-refractivity contribution >= 4 is 11.6 Å². The molecule has 1 aliphatic rings. The number of hydrogen-bond acceptors (Lipinski definition) is 6. The van der Waals surface area contributed by atoms with E-state index in [-0.39, 0.29) is 25.9 Å². The molecule has 0 aliphatic carbocycles. The predicted molar refractivity (Wildman–Crippen MR) is 123 cm³/mol. The van der Waals surface area contributed by atoms with Crippen LogP contribution in [-0.4, -0.2) is 25.9 Å². The highest BCUT2D eigenvalue weighted by atomic mass is 16.7. The van der Waals surface area contributed by atoms with E-state index in [4.69, 9.17) is 24.2 Å². The van der Waals surface area contributed by atoms with Gasteiger partial charge in [0.05, 0.1) is 18.2 Å². The average molecular weight is 442 g/mol. The van der Waals surface area contributed by atoms with Crippen LogP contribution >= 0.6 is 0 Å². The molecule has 0 atom stereocenters. The van der Waals surface area contributed by atoms with Crippen molar-refractivity contribution in [1.29, 1.82) is 5.26 Å². The third kappa shape index (κ3) is 5.25. The summed E-state index contributed by atoms with van der Waals surface area (Å²) < 4.78 is 22.4. The highest BCUT2D eigenvalue weighted by molar-refractivity contribution is 5.94. The van der Waals surface area contributed by atoms with Crippen LogP contribution < -0.4 is 23.8 Å². The number of ether oxygens (including phenoxy) is 4. The van der Waals surface area contributed by atoms with E-state index in [1.165, 1.54) is 0 Å². The van der Waals surface area contributed by atoms with Crippen LogP contribution in [0.1, 0.15) is 11.1 Å². The Morgan fingerprint density at radius 3 is 2.64 bits per heavy atom. The number of fused-ring (bicyclic) bond motifs is 1. The fourth-order valence-electron chi connectivity index (χ4n) is 3.32. The molecule has 0 saturated carbocycles. The molecule has 0 bridgehead atoms. The topological polar surface area (TPSA) is 81.0 Å². The van der Waals surface area contributed by atoms with Crippen LogP contribution in [0.2, 0.25) is 0 Å². The zero-order valence-corrected chi connectivity index (χ0v) is 17.9. The fourth-order valence-corrected chi connectivity index (χ4v) is 3.32. The molecule has 0 spiro atoms. The Labute approximate surface area is 192 Å². The van der Waals surface area contributed by atoms with E-state index < -0.39 is 0 Å². The van der Waals surface area contributed by atoms with Crippen molar-refractivity contribution in [2.45, 2.75) is 6.54 Å². The van der Waals surface area contributed by atoms with Crippen LogP contribution in [-0.2, 0) is 11.3 Å². The lowest BCUT2D eigenvalue weighted by Crippen LogP contribution is -2.34. The summed E-state index contributed by atoms with van der Waals surface area (Å²) in [6, 6.07) is 21.6. The first kappa shape index (κ1) is 21.8. The second kappa shape index (κ2) is 10.2. The van der Waals surface area contributed by atoms with Crippen molar-refractivity contribution < 1.29 is 23.7 Å². The minimum absolute atomic E-state index is 0.146. The molecule has 4 rings (SSSR count). The van der Waals surface area contributed by atoms with Crippen LogP contribution in [0.4, 0.5) is 5.69 Å². The van der Waals surface area contributed by atoms with Gasteiger partial charge in [-0.15, -0.1) is 0 Å². The molecule has 1 amide bonds. The normalized spacial score (nSPS) is 11.4. The maximum Gasteiger partial charge on any atom is 0.265 e. The molecular formula is C26H22N2O5. The summed E-state index contributed by atoms with van der Waals surface area (Å²) in [4.78, 5) is 14.9. The number of amides is 1. The van der Waals surface area contributed by atoms with Crippen LogP contribution in [0.5, 0.6) is 23.0 Å². The first-order chi connectivity index (χ1) is 16.2. The summed E-state index contributed by atoms with van der Waals surface area (Å²) >= 11 is 0. The molecule has 1 heterocycles. The molecule has 33 heavy (non-hydrogen) atoms. The molecule has 3 aromatic rings. The van der Waals surface area contributed by atoms with Gasteiger partial charge in [-0.25, -0.2) is 0 Å². The summed E-state index contributed by atoms with van der Waals surface area (Å²) in [6.45, 7) is 4.28. The summed E-state index contributed by atoms with van der Waals surface area (Å²) in [5.41, 5.74) is 2.00. The Morgan fingerprint density at radius 1 is 1.06 bits per heavy atom. The second-order valence-electron chi connectivity index (χ2n) is 7.15. The van der Waals surface area contributed by atoms with Crippen molar-refractivity contribution in [3.05, 3.63) is 90.5 Å². The average Bonchev–Trinajstić information content (AvgIpc) is 3.33. The van der Waals surface area contributed by atoms with Crippen molar-refractivity contribution in [1.82, 2.24) is 0 Å². The number of rotatable bonds is 9. The smallest absolute Gasteiger partial charge is 0.265 e. The second-order valence-corrected chi connectivity index (χ2v) is 7.15. The first-order valence-corrected chi connectivity index (χ1v) is 10.3. The third-order valence-electron chi connectivity index (χ3n) is 4.97. The Balaban J connectivity index is 1.58. The van der Waals surface area contributed by atoms with Gasteiger partial charge < -0.3 is 23.8 Å². The quantitative estimate of drug-likeness (QED) is 0.455. The maximum absolute atomic E-state index is 13.3. The van der Waals surface area contributed by atoms with Crippen LogP contribution in [0.15, 0.2) is 79.4 Å². The Bertz CT molecular complexity index is 1180. The number of anilines is 1. The maximum atomic E-state index is 13.3. The number of hydrogen-bond donors (Lipinski definition) is 0. The molecule has 1 aliphatic heterocycles.